The van der Waals surface area contributed by atoms with Crippen LogP contribution in [0.25, 0.3) is 0 Å². The van der Waals surface area contributed by atoms with Crippen LogP contribution in [0.1, 0.15) is 20.3 Å². The fraction of sp³-hybridized carbons (Fsp3) is 0.875. The van der Waals surface area contributed by atoms with Crippen LogP contribution in [0.5, 0.6) is 0 Å². The zero-order chi connectivity index (χ0) is 9.07. The van der Waals surface area contributed by atoms with Gasteiger partial charge >= 0.3 is 5.97 Å². The molecule has 0 aliphatic rings. The van der Waals surface area contributed by atoms with E-state index in [0.717, 1.165) is 4.48 Å². The lowest BCUT2D eigenvalue weighted by Gasteiger charge is -2.33. The molecule has 0 heterocycles. The second-order valence-electron chi connectivity index (χ2n) is 3.74. The number of carboxylic acids is 1. The van der Waals surface area contributed by atoms with Gasteiger partial charge in [-0.2, -0.15) is 0 Å². The number of quaternary nitrogens is 1. The van der Waals surface area contributed by atoms with Crippen LogP contribution in [0.15, 0.2) is 0 Å². The monoisotopic (exact) mass is 160 g/mol. The van der Waals surface area contributed by atoms with Gasteiger partial charge in [-0.15, -0.1) is 0 Å². The SMILES string of the molecule is CC(C)[N+](C)(C)CCC(=O)O. The third kappa shape index (κ3) is 3.98. The summed E-state index contributed by atoms with van der Waals surface area (Å²) in [6.45, 7) is 4.90. The molecule has 11 heavy (non-hydrogen) atoms. The molecule has 0 spiro atoms. The van der Waals surface area contributed by atoms with Crippen molar-refractivity contribution in [1.29, 1.82) is 0 Å². The largest absolute Gasteiger partial charge is 0.481 e. The molecule has 0 aliphatic heterocycles. The van der Waals surface area contributed by atoms with Gasteiger partial charge in [0.05, 0.1) is 33.1 Å². The molecule has 0 aromatic rings. The van der Waals surface area contributed by atoms with Crippen molar-refractivity contribution >= 4 is 5.97 Å². The smallest absolute Gasteiger partial charge is 0.309 e. The first-order chi connectivity index (χ1) is 4.86. The Morgan fingerprint density at radius 2 is 1.91 bits per heavy atom. The normalized spacial score (nSPS) is 12.1. The molecule has 0 aliphatic carbocycles. The van der Waals surface area contributed by atoms with Gasteiger partial charge in [0.15, 0.2) is 0 Å². The summed E-state index contributed by atoms with van der Waals surface area (Å²) < 4.78 is 0.770. The van der Waals surface area contributed by atoms with Crippen LogP contribution in [-0.4, -0.2) is 42.2 Å². The minimum Gasteiger partial charge on any atom is -0.481 e. The number of rotatable bonds is 4. The van der Waals surface area contributed by atoms with Crippen molar-refractivity contribution in [2.75, 3.05) is 20.6 Å². The molecule has 0 bridgehead atoms. The van der Waals surface area contributed by atoms with Crippen molar-refractivity contribution in [3.05, 3.63) is 0 Å². The number of hydrogen-bond acceptors (Lipinski definition) is 1. The summed E-state index contributed by atoms with van der Waals surface area (Å²) in [6.07, 6.45) is 0.255. The minimum atomic E-state index is -0.711. The number of aliphatic carboxylic acids is 1. The molecule has 66 valence electrons. The van der Waals surface area contributed by atoms with Gasteiger partial charge in [0.25, 0.3) is 0 Å². The van der Waals surface area contributed by atoms with Crippen LogP contribution < -0.4 is 0 Å². The molecular formula is C8H18NO2+. The Labute approximate surface area is 68.2 Å². The topological polar surface area (TPSA) is 37.3 Å². The molecule has 0 amide bonds. The Balaban J connectivity index is 3.82. The second-order valence-corrected chi connectivity index (χ2v) is 3.74. The first-order valence-corrected chi connectivity index (χ1v) is 3.90. The van der Waals surface area contributed by atoms with Crippen molar-refractivity contribution in [1.82, 2.24) is 0 Å². The van der Waals surface area contributed by atoms with Crippen LogP contribution in [0, 0.1) is 0 Å². The maximum Gasteiger partial charge on any atom is 0.309 e. The summed E-state index contributed by atoms with van der Waals surface area (Å²) in [7, 11) is 4.10. The van der Waals surface area contributed by atoms with Crippen LogP contribution in [0.3, 0.4) is 0 Å². The maximum atomic E-state index is 10.3. The Bertz CT molecular complexity index is 141. The quantitative estimate of drug-likeness (QED) is 0.622. The number of nitrogens with zero attached hydrogens (tertiary/aromatic N) is 1. The standard InChI is InChI=1S/C8H17NO2/c1-7(2)9(3,4)6-5-8(10)11/h7H,5-6H2,1-4H3/p+1. The van der Waals surface area contributed by atoms with Crippen LogP contribution in [0.2, 0.25) is 0 Å². The lowest BCUT2D eigenvalue weighted by atomic mass is 10.2. The Morgan fingerprint density at radius 3 is 2.18 bits per heavy atom. The van der Waals surface area contributed by atoms with E-state index in [1.165, 1.54) is 0 Å². The second kappa shape index (κ2) is 3.72. The van der Waals surface area contributed by atoms with E-state index in [4.69, 9.17) is 5.11 Å². The third-order valence-corrected chi connectivity index (χ3v) is 2.30. The minimum absolute atomic E-state index is 0.255. The lowest BCUT2D eigenvalue weighted by Crippen LogP contribution is -2.46. The zero-order valence-corrected chi connectivity index (χ0v) is 7.79. The fourth-order valence-corrected chi connectivity index (χ4v) is 0.642. The van der Waals surface area contributed by atoms with Gasteiger partial charge in [0.2, 0.25) is 0 Å². The van der Waals surface area contributed by atoms with Gasteiger partial charge in [0.1, 0.15) is 0 Å². The van der Waals surface area contributed by atoms with Crippen LogP contribution in [0.4, 0.5) is 0 Å². The molecule has 0 fully saturated rings. The highest BCUT2D eigenvalue weighted by Crippen LogP contribution is 2.05. The molecule has 0 rings (SSSR count). The summed E-state index contributed by atoms with van der Waals surface area (Å²) in [6, 6.07) is 0.481. The average Bonchev–Trinajstić information content (AvgIpc) is 1.84. The molecular weight excluding hydrogens is 142 g/mol. The van der Waals surface area contributed by atoms with Crippen molar-refractivity contribution < 1.29 is 14.4 Å². The summed E-state index contributed by atoms with van der Waals surface area (Å²) in [5, 5.41) is 8.45. The molecule has 0 aromatic heterocycles. The van der Waals surface area contributed by atoms with E-state index in [1.807, 2.05) is 14.1 Å². The molecule has 0 atom stereocenters. The molecule has 0 saturated heterocycles. The fourth-order valence-electron chi connectivity index (χ4n) is 0.642. The predicted molar refractivity (Wildman–Crippen MR) is 44.4 cm³/mol. The molecule has 0 aromatic carbocycles. The number of carboxylic acid groups (broad SMARTS) is 1. The molecule has 0 unspecified atom stereocenters. The van der Waals surface area contributed by atoms with Gasteiger partial charge in [-0.25, -0.2) is 0 Å². The van der Waals surface area contributed by atoms with Gasteiger partial charge in [-0.3, -0.25) is 4.79 Å². The van der Waals surface area contributed by atoms with E-state index < -0.39 is 5.97 Å². The Morgan fingerprint density at radius 1 is 1.45 bits per heavy atom. The van der Waals surface area contributed by atoms with Crippen molar-refractivity contribution in [3.63, 3.8) is 0 Å². The van der Waals surface area contributed by atoms with E-state index in [2.05, 4.69) is 13.8 Å². The third-order valence-electron chi connectivity index (χ3n) is 2.30. The zero-order valence-electron chi connectivity index (χ0n) is 7.79. The first-order valence-electron chi connectivity index (χ1n) is 3.90. The molecule has 0 radical (unpaired) electrons. The summed E-state index contributed by atoms with van der Waals surface area (Å²) in [4.78, 5) is 10.3. The van der Waals surface area contributed by atoms with E-state index in [9.17, 15) is 4.79 Å². The van der Waals surface area contributed by atoms with Gasteiger partial charge < -0.3 is 9.59 Å². The maximum absolute atomic E-state index is 10.3. The Hall–Kier alpha value is -0.570. The molecule has 3 nitrogen and oxygen atoms in total. The highest BCUT2D eigenvalue weighted by atomic mass is 16.4. The lowest BCUT2D eigenvalue weighted by molar-refractivity contribution is -0.910. The predicted octanol–water partition coefficient (Wildman–Crippen LogP) is 0.946. The van der Waals surface area contributed by atoms with Gasteiger partial charge in [-0.1, -0.05) is 0 Å². The number of hydrogen-bond donors (Lipinski definition) is 1. The van der Waals surface area contributed by atoms with Gasteiger partial charge in [-0.05, 0) is 13.8 Å². The molecule has 1 N–H and O–H groups in total. The van der Waals surface area contributed by atoms with Crippen molar-refractivity contribution in [3.8, 4) is 0 Å². The highest BCUT2D eigenvalue weighted by molar-refractivity contribution is 5.66. The summed E-state index contributed by atoms with van der Waals surface area (Å²) in [5.41, 5.74) is 0. The summed E-state index contributed by atoms with van der Waals surface area (Å²) >= 11 is 0. The van der Waals surface area contributed by atoms with Crippen molar-refractivity contribution in [2.45, 2.75) is 26.3 Å². The highest BCUT2D eigenvalue weighted by Gasteiger charge is 2.20. The summed E-state index contributed by atoms with van der Waals surface area (Å²) in [5.74, 6) is -0.711. The van der Waals surface area contributed by atoms with E-state index >= 15 is 0 Å². The first kappa shape index (κ1) is 10.4. The van der Waals surface area contributed by atoms with E-state index in [0.29, 0.717) is 12.6 Å². The number of carbonyl (C=O) groups is 1. The Kier molecular flexibility index (Phi) is 3.52. The average molecular weight is 160 g/mol. The van der Waals surface area contributed by atoms with Crippen LogP contribution in [-0.2, 0) is 4.79 Å². The van der Waals surface area contributed by atoms with Crippen molar-refractivity contribution in [2.24, 2.45) is 0 Å². The molecule has 0 saturated carbocycles. The molecule has 3 heteroatoms. The van der Waals surface area contributed by atoms with Gasteiger partial charge in [0, 0.05) is 0 Å². The van der Waals surface area contributed by atoms with E-state index in [1.54, 1.807) is 0 Å². The van der Waals surface area contributed by atoms with Crippen LogP contribution >= 0.6 is 0 Å². The van der Waals surface area contributed by atoms with E-state index in [-0.39, 0.29) is 6.42 Å².